The molecule has 15 heavy (non-hydrogen) atoms. The average molecular weight is 276 g/mol. The van der Waals surface area contributed by atoms with Gasteiger partial charge in [-0.1, -0.05) is 0 Å². The fourth-order valence-corrected chi connectivity index (χ4v) is 1.81. The fraction of sp³-hybridized carbons (Fsp3) is 0.700. The first-order chi connectivity index (χ1) is 6.93. The summed E-state index contributed by atoms with van der Waals surface area (Å²) in [4.78, 5) is 0. The molecule has 0 aliphatic carbocycles. The van der Waals surface area contributed by atoms with E-state index in [0.29, 0.717) is 0 Å². The molecule has 0 saturated heterocycles. The van der Waals surface area contributed by atoms with Crippen LogP contribution in [0.1, 0.15) is 20.8 Å². The van der Waals surface area contributed by atoms with Gasteiger partial charge in [0.15, 0.2) is 0 Å². The number of aliphatic hydroxyl groups excluding tert-OH is 1. The molecule has 2 N–H and O–H groups in total. The third-order valence-corrected chi connectivity index (χ3v) is 2.50. The zero-order valence-corrected chi connectivity index (χ0v) is 11.0. The third-order valence-electron chi connectivity index (χ3n) is 2.10. The molecule has 0 fully saturated rings. The highest BCUT2D eigenvalue weighted by molar-refractivity contribution is 9.10. The van der Waals surface area contributed by atoms with Crippen molar-refractivity contribution < 1.29 is 5.11 Å². The van der Waals surface area contributed by atoms with Crippen LogP contribution in [0, 0.1) is 0 Å². The molecule has 0 aliphatic rings. The number of aromatic nitrogens is 2. The maximum atomic E-state index is 9.12. The predicted molar refractivity (Wildman–Crippen MR) is 63.7 cm³/mol. The van der Waals surface area contributed by atoms with E-state index in [1.165, 1.54) is 0 Å². The van der Waals surface area contributed by atoms with Crippen LogP contribution in [-0.4, -0.2) is 33.1 Å². The summed E-state index contributed by atoms with van der Waals surface area (Å²) in [6, 6.07) is 0.263. The third kappa shape index (κ3) is 4.32. The lowest BCUT2D eigenvalue weighted by atomic mass is 10.1. The molecule has 0 bridgehead atoms. The molecule has 0 amide bonds. The van der Waals surface area contributed by atoms with E-state index in [4.69, 9.17) is 5.11 Å². The second kappa shape index (κ2) is 5.09. The van der Waals surface area contributed by atoms with E-state index in [9.17, 15) is 0 Å². The highest BCUT2D eigenvalue weighted by Crippen LogP contribution is 2.08. The summed E-state index contributed by atoms with van der Waals surface area (Å²) in [6.45, 7) is 6.94. The van der Waals surface area contributed by atoms with Crippen molar-refractivity contribution in [3.63, 3.8) is 0 Å². The molecule has 0 radical (unpaired) electrons. The lowest BCUT2D eigenvalue weighted by molar-refractivity contribution is 0.173. The van der Waals surface area contributed by atoms with Gasteiger partial charge in [-0.25, -0.2) is 0 Å². The zero-order chi connectivity index (χ0) is 11.5. The normalized spacial score (nSPS) is 14.2. The van der Waals surface area contributed by atoms with Crippen LogP contribution in [0.15, 0.2) is 16.9 Å². The Labute approximate surface area is 98.8 Å². The van der Waals surface area contributed by atoms with Crippen molar-refractivity contribution in [1.82, 2.24) is 15.1 Å². The van der Waals surface area contributed by atoms with Crippen molar-refractivity contribution >= 4 is 15.9 Å². The number of hydrogen-bond donors (Lipinski definition) is 2. The van der Waals surface area contributed by atoms with E-state index >= 15 is 0 Å². The minimum absolute atomic E-state index is 0.125. The van der Waals surface area contributed by atoms with Gasteiger partial charge in [-0.15, -0.1) is 0 Å². The molecular weight excluding hydrogens is 258 g/mol. The minimum Gasteiger partial charge on any atom is -0.394 e. The van der Waals surface area contributed by atoms with E-state index in [1.807, 2.05) is 24.7 Å². The number of nitrogens with zero attached hydrogens (tertiary/aromatic N) is 2. The smallest absolute Gasteiger partial charge is 0.0632 e. The Kier molecular flexibility index (Phi) is 4.31. The van der Waals surface area contributed by atoms with Crippen LogP contribution < -0.4 is 5.32 Å². The summed E-state index contributed by atoms with van der Waals surface area (Å²) < 4.78 is 2.85. The molecule has 0 aromatic carbocycles. The fourth-order valence-electron chi connectivity index (χ4n) is 1.48. The number of hydrogen-bond acceptors (Lipinski definition) is 3. The summed E-state index contributed by atoms with van der Waals surface area (Å²) in [5, 5.41) is 16.6. The molecule has 0 aliphatic heterocycles. The van der Waals surface area contributed by atoms with Gasteiger partial charge in [0, 0.05) is 17.8 Å². The van der Waals surface area contributed by atoms with Gasteiger partial charge in [-0.2, -0.15) is 5.10 Å². The lowest BCUT2D eigenvalue weighted by Crippen LogP contribution is -2.48. The first-order valence-corrected chi connectivity index (χ1v) is 5.79. The Balaban J connectivity index is 2.46. The topological polar surface area (TPSA) is 50.1 Å². The van der Waals surface area contributed by atoms with Gasteiger partial charge in [-0.05, 0) is 36.7 Å². The SMILES string of the molecule is CC(Cn1cc(Br)cn1)NC(C)(C)CO. The van der Waals surface area contributed by atoms with Crippen LogP contribution >= 0.6 is 15.9 Å². The average Bonchev–Trinajstić information content (AvgIpc) is 2.50. The molecule has 1 aromatic heterocycles. The summed E-state index contributed by atoms with van der Waals surface area (Å²) in [5.74, 6) is 0. The highest BCUT2D eigenvalue weighted by atomic mass is 79.9. The summed E-state index contributed by atoms with van der Waals surface area (Å²) in [6.07, 6.45) is 3.70. The van der Waals surface area contributed by atoms with Crippen LogP contribution in [0.3, 0.4) is 0 Å². The molecule has 4 nitrogen and oxygen atoms in total. The minimum atomic E-state index is -0.246. The van der Waals surface area contributed by atoms with Gasteiger partial charge < -0.3 is 10.4 Å². The van der Waals surface area contributed by atoms with Gasteiger partial charge in [-0.3, -0.25) is 4.68 Å². The monoisotopic (exact) mass is 275 g/mol. The largest absolute Gasteiger partial charge is 0.394 e. The van der Waals surface area contributed by atoms with Crippen molar-refractivity contribution in [3.8, 4) is 0 Å². The van der Waals surface area contributed by atoms with Gasteiger partial charge in [0.25, 0.3) is 0 Å². The molecule has 5 heteroatoms. The lowest BCUT2D eigenvalue weighted by Gasteiger charge is -2.28. The molecule has 1 unspecified atom stereocenters. The van der Waals surface area contributed by atoms with Crippen LogP contribution in [0.4, 0.5) is 0 Å². The van der Waals surface area contributed by atoms with Crippen molar-refractivity contribution in [1.29, 1.82) is 0 Å². The summed E-state index contributed by atoms with van der Waals surface area (Å²) in [7, 11) is 0. The molecule has 0 saturated carbocycles. The van der Waals surface area contributed by atoms with E-state index in [2.05, 4.69) is 33.3 Å². The molecule has 1 aromatic rings. The number of halogens is 1. The van der Waals surface area contributed by atoms with Crippen molar-refractivity contribution in [3.05, 3.63) is 16.9 Å². The Morgan fingerprint density at radius 2 is 2.33 bits per heavy atom. The molecule has 86 valence electrons. The van der Waals surface area contributed by atoms with Crippen molar-refractivity contribution in [2.45, 2.75) is 38.9 Å². The molecule has 0 spiro atoms. The maximum Gasteiger partial charge on any atom is 0.0632 e. The standard InChI is InChI=1S/C10H18BrN3O/c1-8(13-10(2,3)7-15)5-14-6-9(11)4-12-14/h4,6,8,13,15H,5,7H2,1-3H3. The van der Waals surface area contributed by atoms with Crippen LogP contribution in [0.2, 0.25) is 0 Å². The van der Waals surface area contributed by atoms with Crippen LogP contribution in [0.25, 0.3) is 0 Å². The summed E-state index contributed by atoms with van der Waals surface area (Å²) in [5.41, 5.74) is -0.246. The first kappa shape index (κ1) is 12.7. The number of aliphatic hydroxyl groups is 1. The molecule has 1 atom stereocenters. The van der Waals surface area contributed by atoms with Gasteiger partial charge in [0.05, 0.1) is 23.8 Å². The maximum absolute atomic E-state index is 9.12. The van der Waals surface area contributed by atoms with Crippen LogP contribution in [-0.2, 0) is 6.54 Å². The van der Waals surface area contributed by atoms with E-state index < -0.39 is 0 Å². The first-order valence-electron chi connectivity index (χ1n) is 4.99. The van der Waals surface area contributed by atoms with Crippen molar-refractivity contribution in [2.75, 3.05) is 6.61 Å². The van der Waals surface area contributed by atoms with E-state index in [-0.39, 0.29) is 18.2 Å². The van der Waals surface area contributed by atoms with Gasteiger partial charge in [0.1, 0.15) is 0 Å². The Morgan fingerprint density at radius 3 is 2.80 bits per heavy atom. The van der Waals surface area contributed by atoms with Gasteiger partial charge in [0.2, 0.25) is 0 Å². The molecular formula is C10H18BrN3O. The Bertz CT molecular complexity index is 311. The molecule has 1 heterocycles. The number of nitrogens with one attached hydrogen (secondary N) is 1. The highest BCUT2D eigenvalue weighted by Gasteiger charge is 2.18. The van der Waals surface area contributed by atoms with E-state index in [1.54, 1.807) is 6.20 Å². The zero-order valence-electron chi connectivity index (χ0n) is 9.37. The molecule has 1 rings (SSSR count). The predicted octanol–water partition coefficient (Wildman–Crippen LogP) is 1.39. The van der Waals surface area contributed by atoms with E-state index in [0.717, 1.165) is 11.0 Å². The Morgan fingerprint density at radius 1 is 1.67 bits per heavy atom. The number of rotatable bonds is 5. The summed E-state index contributed by atoms with van der Waals surface area (Å²) >= 11 is 3.35. The van der Waals surface area contributed by atoms with Crippen LogP contribution in [0.5, 0.6) is 0 Å². The second-order valence-electron chi connectivity index (χ2n) is 4.47. The van der Waals surface area contributed by atoms with Crippen molar-refractivity contribution in [2.24, 2.45) is 0 Å². The second-order valence-corrected chi connectivity index (χ2v) is 5.38. The Hall–Kier alpha value is -0.390. The van der Waals surface area contributed by atoms with Gasteiger partial charge >= 0.3 is 0 Å². The quantitative estimate of drug-likeness (QED) is 0.854.